The first-order valence-electron chi connectivity index (χ1n) is 6.94. The van der Waals surface area contributed by atoms with Crippen LogP contribution in [0.1, 0.15) is 27.6 Å². The predicted molar refractivity (Wildman–Crippen MR) is 73.8 cm³/mol. The Balaban J connectivity index is 1.83. The van der Waals surface area contributed by atoms with Crippen LogP contribution in [0.15, 0.2) is 24.3 Å². The highest BCUT2D eigenvalue weighted by molar-refractivity contribution is 6.22. The molecule has 0 aliphatic carbocycles. The molecule has 6 nitrogen and oxygen atoms in total. The van der Waals surface area contributed by atoms with Crippen molar-refractivity contribution in [3.63, 3.8) is 0 Å². The molecule has 2 aliphatic heterocycles. The maximum Gasteiger partial charge on any atom is 0.262 e. The van der Waals surface area contributed by atoms with Crippen LogP contribution in [0.4, 0.5) is 0 Å². The number of carbonyl (C=O) groups is 3. The highest BCUT2D eigenvalue weighted by Gasteiger charge is 2.41. The molecule has 1 atom stereocenters. The largest absolute Gasteiger partial charge is 0.378 e. The summed E-state index contributed by atoms with van der Waals surface area (Å²) >= 11 is 0. The second-order valence-electron chi connectivity index (χ2n) is 5.14. The molecule has 3 amide bonds. The Labute approximate surface area is 122 Å². The Hall–Kier alpha value is -2.21. The number of rotatable bonds is 2. The van der Waals surface area contributed by atoms with Crippen LogP contribution in [-0.2, 0) is 9.53 Å². The number of benzene rings is 1. The van der Waals surface area contributed by atoms with Crippen molar-refractivity contribution >= 4 is 17.7 Å². The number of hydrogen-bond acceptors (Lipinski definition) is 4. The average Bonchev–Trinajstić information content (AvgIpc) is 2.79. The summed E-state index contributed by atoms with van der Waals surface area (Å²) in [6.45, 7) is 3.55. The van der Waals surface area contributed by atoms with Gasteiger partial charge in [-0.1, -0.05) is 12.1 Å². The summed E-state index contributed by atoms with van der Waals surface area (Å²) in [5, 5.41) is 0. The molecule has 110 valence electrons. The summed E-state index contributed by atoms with van der Waals surface area (Å²) in [5.41, 5.74) is 0.730. The van der Waals surface area contributed by atoms with Gasteiger partial charge in [0.15, 0.2) is 0 Å². The van der Waals surface area contributed by atoms with E-state index in [0.717, 1.165) is 4.90 Å². The van der Waals surface area contributed by atoms with Crippen molar-refractivity contribution in [3.05, 3.63) is 35.4 Å². The Morgan fingerprint density at radius 2 is 1.62 bits per heavy atom. The molecule has 3 rings (SSSR count). The second-order valence-corrected chi connectivity index (χ2v) is 5.14. The maximum atomic E-state index is 12.5. The summed E-state index contributed by atoms with van der Waals surface area (Å²) in [6.07, 6.45) is 0. The van der Waals surface area contributed by atoms with Crippen LogP contribution in [0.5, 0.6) is 0 Å². The number of imide groups is 1. The fourth-order valence-electron chi connectivity index (χ4n) is 2.72. The van der Waals surface area contributed by atoms with E-state index in [0.29, 0.717) is 37.4 Å². The van der Waals surface area contributed by atoms with Crippen LogP contribution in [0.25, 0.3) is 0 Å². The van der Waals surface area contributed by atoms with Gasteiger partial charge >= 0.3 is 0 Å². The minimum absolute atomic E-state index is 0.215. The van der Waals surface area contributed by atoms with Gasteiger partial charge < -0.3 is 9.64 Å². The lowest BCUT2D eigenvalue weighted by molar-refractivity contribution is -0.138. The van der Waals surface area contributed by atoms with Crippen LogP contribution in [0.3, 0.4) is 0 Å². The Morgan fingerprint density at radius 3 is 2.14 bits per heavy atom. The number of carbonyl (C=O) groups excluding carboxylic acids is 3. The lowest BCUT2D eigenvalue weighted by atomic mass is 10.1. The van der Waals surface area contributed by atoms with E-state index in [1.165, 1.54) is 0 Å². The number of amides is 3. The van der Waals surface area contributed by atoms with Crippen LogP contribution >= 0.6 is 0 Å². The molecule has 2 heterocycles. The van der Waals surface area contributed by atoms with Crippen LogP contribution in [0.2, 0.25) is 0 Å². The second kappa shape index (κ2) is 5.29. The van der Waals surface area contributed by atoms with E-state index in [1.807, 2.05) is 0 Å². The molecule has 0 saturated carbocycles. The molecule has 6 heteroatoms. The zero-order chi connectivity index (χ0) is 15.0. The first-order chi connectivity index (χ1) is 10.1. The molecule has 1 aromatic carbocycles. The molecule has 21 heavy (non-hydrogen) atoms. The summed E-state index contributed by atoms with van der Waals surface area (Å²) in [7, 11) is 0. The van der Waals surface area contributed by atoms with Crippen molar-refractivity contribution in [1.82, 2.24) is 9.80 Å². The Morgan fingerprint density at radius 1 is 1.10 bits per heavy atom. The van der Waals surface area contributed by atoms with Gasteiger partial charge in [-0.15, -0.1) is 0 Å². The van der Waals surface area contributed by atoms with Gasteiger partial charge in [-0.2, -0.15) is 0 Å². The average molecular weight is 288 g/mol. The number of fused-ring (bicyclic) bond motifs is 1. The SMILES string of the molecule is C[C@@H](C(=O)N1CCOCC1)N1C(=O)c2ccccc2C1=O. The smallest absolute Gasteiger partial charge is 0.262 e. The standard InChI is InChI=1S/C15H16N2O4/c1-10(13(18)16-6-8-21-9-7-16)17-14(19)11-4-2-3-5-12(11)15(17)20/h2-5,10H,6-9H2,1H3/t10-/m0/s1. The van der Waals surface area contributed by atoms with Gasteiger partial charge in [0.05, 0.1) is 24.3 Å². The topological polar surface area (TPSA) is 66.9 Å². The molecule has 1 fully saturated rings. The zero-order valence-corrected chi connectivity index (χ0v) is 11.7. The highest BCUT2D eigenvalue weighted by atomic mass is 16.5. The van der Waals surface area contributed by atoms with E-state index >= 15 is 0 Å². The molecule has 0 N–H and O–H groups in total. The van der Waals surface area contributed by atoms with Crippen LogP contribution in [-0.4, -0.2) is 59.9 Å². The third kappa shape index (κ3) is 2.21. The van der Waals surface area contributed by atoms with E-state index < -0.39 is 17.9 Å². The fourth-order valence-corrected chi connectivity index (χ4v) is 2.72. The van der Waals surface area contributed by atoms with E-state index in [4.69, 9.17) is 4.74 Å². The third-order valence-electron chi connectivity index (χ3n) is 3.89. The van der Waals surface area contributed by atoms with Crippen molar-refractivity contribution in [1.29, 1.82) is 0 Å². The molecular weight excluding hydrogens is 272 g/mol. The van der Waals surface area contributed by atoms with E-state index in [9.17, 15) is 14.4 Å². The van der Waals surface area contributed by atoms with E-state index in [2.05, 4.69) is 0 Å². The first-order valence-corrected chi connectivity index (χ1v) is 6.94. The fraction of sp³-hybridized carbons (Fsp3) is 0.400. The molecule has 1 saturated heterocycles. The zero-order valence-electron chi connectivity index (χ0n) is 11.7. The predicted octanol–water partition coefficient (Wildman–Crippen LogP) is 0.530. The van der Waals surface area contributed by atoms with Gasteiger partial charge in [-0.3, -0.25) is 19.3 Å². The summed E-state index contributed by atoms with van der Waals surface area (Å²) in [4.78, 5) is 39.8. The van der Waals surface area contributed by atoms with Gasteiger partial charge in [0, 0.05) is 13.1 Å². The van der Waals surface area contributed by atoms with Gasteiger partial charge in [-0.25, -0.2) is 0 Å². The number of nitrogens with zero attached hydrogens (tertiary/aromatic N) is 2. The Kier molecular flexibility index (Phi) is 3.47. The van der Waals surface area contributed by atoms with E-state index in [-0.39, 0.29) is 5.91 Å². The number of ether oxygens (including phenoxy) is 1. The van der Waals surface area contributed by atoms with Crippen molar-refractivity contribution in [3.8, 4) is 0 Å². The molecule has 0 radical (unpaired) electrons. The highest BCUT2D eigenvalue weighted by Crippen LogP contribution is 2.25. The molecule has 0 spiro atoms. The lowest BCUT2D eigenvalue weighted by Crippen LogP contribution is -2.52. The Bertz CT molecular complexity index is 572. The van der Waals surface area contributed by atoms with Crippen LogP contribution in [0, 0.1) is 0 Å². The van der Waals surface area contributed by atoms with Gasteiger partial charge in [0.25, 0.3) is 11.8 Å². The minimum Gasteiger partial charge on any atom is -0.378 e. The summed E-state index contributed by atoms with van der Waals surface area (Å²) in [6, 6.07) is 5.85. The lowest BCUT2D eigenvalue weighted by Gasteiger charge is -2.31. The maximum absolute atomic E-state index is 12.5. The molecular formula is C15H16N2O4. The number of hydrogen-bond donors (Lipinski definition) is 0. The van der Waals surface area contributed by atoms with Gasteiger partial charge in [0.1, 0.15) is 6.04 Å². The van der Waals surface area contributed by atoms with Gasteiger partial charge in [-0.05, 0) is 19.1 Å². The summed E-state index contributed by atoms with van der Waals surface area (Å²) in [5.74, 6) is -1.01. The van der Waals surface area contributed by atoms with Crippen molar-refractivity contribution in [2.45, 2.75) is 13.0 Å². The van der Waals surface area contributed by atoms with Crippen molar-refractivity contribution in [2.75, 3.05) is 26.3 Å². The van der Waals surface area contributed by atoms with Gasteiger partial charge in [0.2, 0.25) is 5.91 Å². The first kappa shape index (κ1) is 13.8. The van der Waals surface area contributed by atoms with E-state index in [1.54, 1.807) is 36.1 Å². The van der Waals surface area contributed by atoms with Crippen molar-refractivity contribution in [2.24, 2.45) is 0 Å². The quantitative estimate of drug-likeness (QED) is 0.745. The molecule has 0 unspecified atom stereocenters. The van der Waals surface area contributed by atoms with Crippen LogP contribution < -0.4 is 0 Å². The molecule has 2 aliphatic rings. The summed E-state index contributed by atoms with van der Waals surface area (Å²) < 4.78 is 5.21. The monoisotopic (exact) mass is 288 g/mol. The van der Waals surface area contributed by atoms with Crippen molar-refractivity contribution < 1.29 is 19.1 Å². The minimum atomic E-state index is -0.796. The normalized spacial score (nSPS) is 19.7. The molecule has 1 aromatic rings. The number of morpholine rings is 1. The molecule has 0 aromatic heterocycles. The molecule has 0 bridgehead atoms. The third-order valence-corrected chi connectivity index (χ3v) is 3.89.